The van der Waals surface area contributed by atoms with Crippen LogP contribution in [-0.2, 0) is 14.3 Å². The van der Waals surface area contributed by atoms with Gasteiger partial charge in [0.05, 0.1) is 5.56 Å². The van der Waals surface area contributed by atoms with Gasteiger partial charge < -0.3 is 14.8 Å². The van der Waals surface area contributed by atoms with Crippen LogP contribution in [0.5, 0.6) is 0 Å². The number of nitrogens with one attached hydrogen (secondary N) is 2. The molecule has 1 aromatic carbocycles. The first kappa shape index (κ1) is 21.5. The van der Waals surface area contributed by atoms with Gasteiger partial charge in [0, 0.05) is 11.2 Å². The maximum Gasteiger partial charge on any atom is 0.412 e. The summed E-state index contributed by atoms with van der Waals surface area (Å²) in [5.41, 5.74) is -0.368. The molecule has 0 unspecified atom stereocenters. The fraction of sp³-hybridized carbons (Fsp3) is 0.526. The molecule has 0 aliphatic rings. The zero-order valence-electron chi connectivity index (χ0n) is 16.3. The molecule has 0 aliphatic heterocycles. The Morgan fingerprint density at radius 3 is 2.31 bits per heavy atom. The molecule has 2 amide bonds. The summed E-state index contributed by atoms with van der Waals surface area (Å²) in [5.74, 6) is -1.02. The van der Waals surface area contributed by atoms with Gasteiger partial charge in [-0.2, -0.15) is 0 Å². The Balaban J connectivity index is 2.63. The van der Waals surface area contributed by atoms with Gasteiger partial charge in [-0.15, -0.1) is 0 Å². The van der Waals surface area contributed by atoms with E-state index in [1.54, 1.807) is 32.9 Å². The van der Waals surface area contributed by atoms with Crippen LogP contribution in [0.2, 0.25) is 0 Å². The van der Waals surface area contributed by atoms with Gasteiger partial charge in [-0.1, -0.05) is 13.0 Å². The third-order valence-corrected chi connectivity index (χ3v) is 3.44. The van der Waals surface area contributed by atoms with E-state index >= 15 is 0 Å². The lowest BCUT2D eigenvalue weighted by Gasteiger charge is -2.24. The summed E-state index contributed by atoms with van der Waals surface area (Å²) in [5, 5.41) is 5.33. The predicted octanol–water partition coefficient (Wildman–Crippen LogP) is 3.50. The van der Waals surface area contributed by atoms with E-state index in [0.717, 1.165) is 6.42 Å². The minimum absolute atomic E-state index is 0.223. The van der Waals surface area contributed by atoms with Crippen molar-refractivity contribution in [1.29, 1.82) is 0 Å². The molecule has 7 heteroatoms. The highest BCUT2D eigenvalue weighted by atomic mass is 16.6. The molecule has 26 heavy (non-hydrogen) atoms. The van der Waals surface area contributed by atoms with Gasteiger partial charge in [0.1, 0.15) is 5.60 Å². The molecule has 7 nitrogen and oxygen atoms in total. The number of ether oxygens (including phenoxy) is 2. The van der Waals surface area contributed by atoms with E-state index < -0.39 is 17.7 Å². The van der Waals surface area contributed by atoms with Crippen molar-refractivity contribution < 1.29 is 23.9 Å². The molecule has 0 heterocycles. The SMILES string of the molecule is CCC(C)(C)NC(=O)COC(=O)c1cccc(NC(=O)OC(C)(C)C)c1. The number of benzene rings is 1. The van der Waals surface area contributed by atoms with Gasteiger partial charge in [0.15, 0.2) is 6.61 Å². The topological polar surface area (TPSA) is 93.7 Å². The normalized spacial score (nSPS) is 11.5. The van der Waals surface area contributed by atoms with Crippen molar-refractivity contribution in [2.75, 3.05) is 11.9 Å². The minimum atomic E-state index is -0.651. The molecule has 0 aliphatic carbocycles. The molecule has 0 saturated carbocycles. The second-order valence-corrected chi connectivity index (χ2v) is 7.57. The lowest BCUT2D eigenvalue weighted by atomic mass is 10.0. The van der Waals surface area contributed by atoms with Gasteiger partial charge in [0.25, 0.3) is 5.91 Å². The van der Waals surface area contributed by atoms with E-state index in [-0.39, 0.29) is 23.6 Å². The number of rotatable bonds is 6. The summed E-state index contributed by atoms with van der Waals surface area (Å²) in [7, 11) is 0. The molecule has 0 radical (unpaired) electrons. The van der Waals surface area contributed by atoms with Crippen molar-refractivity contribution in [3.05, 3.63) is 29.8 Å². The van der Waals surface area contributed by atoms with Crippen LogP contribution in [-0.4, -0.2) is 35.7 Å². The average Bonchev–Trinajstić information content (AvgIpc) is 2.50. The third-order valence-electron chi connectivity index (χ3n) is 3.44. The van der Waals surface area contributed by atoms with Crippen LogP contribution < -0.4 is 10.6 Å². The Hall–Kier alpha value is -2.57. The summed E-state index contributed by atoms with van der Waals surface area (Å²) < 4.78 is 10.2. The van der Waals surface area contributed by atoms with Crippen molar-refractivity contribution in [2.24, 2.45) is 0 Å². The summed E-state index contributed by atoms with van der Waals surface area (Å²) in [6.45, 7) is 10.6. The zero-order valence-corrected chi connectivity index (χ0v) is 16.3. The van der Waals surface area contributed by atoms with E-state index in [1.165, 1.54) is 12.1 Å². The first-order valence-electron chi connectivity index (χ1n) is 8.50. The Kier molecular flexibility index (Phi) is 7.18. The van der Waals surface area contributed by atoms with E-state index in [9.17, 15) is 14.4 Å². The number of anilines is 1. The minimum Gasteiger partial charge on any atom is -0.452 e. The highest BCUT2D eigenvalue weighted by Crippen LogP contribution is 2.14. The molecule has 0 atom stereocenters. The molecule has 0 fully saturated rings. The summed E-state index contributed by atoms with van der Waals surface area (Å²) in [4.78, 5) is 35.7. The summed E-state index contributed by atoms with van der Waals surface area (Å²) in [6, 6.07) is 6.22. The zero-order chi connectivity index (χ0) is 20.0. The summed E-state index contributed by atoms with van der Waals surface area (Å²) >= 11 is 0. The number of carbonyl (C=O) groups excluding carboxylic acids is 3. The lowest BCUT2D eigenvalue weighted by Crippen LogP contribution is -2.44. The molecule has 0 spiro atoms. The summed E-state index contributed by atoms with van der Waals surface area (Å²) in [6.07, 6.45) is 0.134. The molecule has 2 N–H and O–H groups in total. The molecule has 0 saturated heterocycles. The first-order valence-corrected chi connectivity index (χ1v) is 8.50. The van der Waals surface area contributed by atoms with Crippen LogP contribution in [0.15, 0.2) is 24.3 Å². The van der Waals surface area contributed by atoms with E-state index in [2.05, 4.69) is 10.6 Å². The second kappa shape index (κ2) is 8.69. The van der Waals surface area contributed by atoms with Crippen LogP contribution >= 0.6 is 0 Å². The third kappa shape index (κ3) is 8.00. The van der Waals surface area contributed by atoms with Crippen molar-refractivity contribution in [3.63, 3.8) is 0 Å². The second-order valence-electron chi connectivity index (χ2n) is 7.57. The maximum absolute atomic E-state index is 12.1. The van der Waals surface area contributed by atoms with Gasteiger partial charge >= 0.3 is 12.1 Å². The molecule has 1 aromatic rings. The number of esters is 1. The monoisotopic (exact) mass is 364 g/mol. The van der Waals surface area contributed by atoms with E-state index in [1.807, 2.05) is 20.8 Å². The number of carbonyl (C=O) groups is 3. The first-order chi connectivity index (χ1) is 11.9. The number of amides is 2. The molecular formula is C19H28N2O5. The molecule has 0 aromatic heterocycles. The highest BCUT2D eigenvalue weighted by molar-refractivity contribution is 5.93. The van der Waals surface area contributed by atoms with Crippen LogP contribution in [0, 0.1) is 0 Å². The Morgan fingerprint density at radius 1 is 1.08 bits per heavy atom. The maximum atomic E-state index is 12.1. The van der Waals surface area contributed by atoms with Crippen molar-refractivity contribution in [1.82, 2.24) is 5.32 Å². The quantitative estimate of drug-likeness (QED) is 0.754. The highest BCUT2D eigenvalue weighted by Gasteiger charge is 2.20. The number of hydrogen-bond donors (Lipinski definition) is 2. The Bertz CT molecular complexity index is 662. The Labute approximate surface area is 154 Å². The van der Waals surface area contributed by atoms with Gasteiger partial charge in [-0.3, -0.25) is 10.1 Å². The average molecular weight is 364 g/mol. The molecule has 0 bridgehead atoms. The van der Waals surface area contributed by atoms with Crippen molar-refractivity contribution in [3.8, 4) is 0 Å². The van der Waals surface area contributed by atoms with Crippen LogP contribution in [0.1, 0.15) is 58.3 Å². The molecule has 144 valence electrons. The number of hydrogen-bond acceptors (Lipinski definition) is 5. The van der Waals surface area contributed by atoms with Gasteiger partial charge in [-0.05, 0) is 59.2 Å². The van der Waals surface area contributed by atoms with E-state index in [0.29, 0.717) is 5.69 Å². The lowest BCUT2D eigenvalue weighted by molar-refractivity contribution is -0.125. The van der Waals surface area contributed by atoms with Gasteiger partial charge in [-0.25, -0.2) is 9.59 Å². The van der Waals surface area contributed by atoms with Crippen molar-refractivity contribution in [2.45, 2.75) is 59.1 Å². The standard InChI is InChI=1S/C19H28N2O5/c1-7-19(5,6)21-15(22)12-25-16(23)13-9-8-10-14(11-13)20-17(24)26-18(2,3)4/h8-11H,7,12H2,1-6H3,(H,20,24)(H,21,22). The molecular weight excluding hydrogens is 336 g/mol. The van der Waals surface area contributed by atoms with Crippen molar-refractivity contribution >= 4 is 23.7 Å². The fourth-order valence-corrected chi connectivity index (χ4v) is 1.86. The smallest absolute Gasteiger partial charge is 0.412 e. The Morgan fingerprint density at radius 2 is 1.73 bits per heavy atom. The van der Waals surface area contributed by atoms with Crippen LogP contribution in [0.3, 0.4) is 0 Å². The van der Waals surface area contributed by atoms with Gasteiger partial charge in [0.2, 0.25) is 0 Å². The fourth-order valence-electron chi connectivity index (χ4n) is 1.86. The van der Waals surface area contributed by atoms with E-state index in [4.69, 9.17) is 9.47 Å². The molecule has 1 rings (SSSR count). The van der Waals surface area contributed by atoms with Crippen LogP contribution in [0.25, 0.3) is 0 Å². The largest absolute Gasteiger partial charge is 0.452 e. The predicted molar refractivity (Wildman–Crippen MR) is 99.1 cm³/mol. The van der Waals surface area contributed by atoms with Crippen LogP contribution in [0.4, 0.5) is 10.5 Å².